The third-order valence-electron chi connectivity index (χ3n) is 1.70. The summed E-state index contributed by atoms with van der Waals surface area (Å²) in [6.07, 6.45) is 0.825. The number of nitrogens with zero attached hydrogens (tertiary/aromatic N) is 4. The monoisotopic (exact) mass is 254 g/mol. The summed E-state index contributed by atoms with van der Waals surface area (Å²) in [5.41, 5.74) is 11.1. The molecule has 84 valence electrons. The maximum absolute atomic E-state index is 5.57. The molecule has 0 unspecified atom stereocenters. The molecule has 0 amide bonds. The van der Waals surface area contributed by atoms with E-state index < -0.39 is 0 Å². The molecule has 2 aromatic heterocycles. The number of nitrogens with two attached hydrogens (primary N) is 2. The molecule has 0 aliphatic rings. The van der Waals surface area contributed by atoms with Gasteiger partial charge < -0.3 is 11.5 Å². The molecule has 0 aliphatic carbocycles. The lowest BCUT2D eigenvalue weighted by atomic mass is 10.5. The topological polar surface area (TPSA) is 104 Å². The molecule has 0 aliphatic heterocycles. The standard InChI is InChI=1S/C8H10N6S2/c1-2-5-12-8(16-14-5)15-6-3-4(9)11-7(10)13-6/h3H,2H2,1H3,(H4,9,10,11,13). The molecule has 0 fully saturated rings. The van der Waals surface area contributed by atoms with Crippen molar-refractivity contribution in [2.45, 2.75) is 22.7 Å². The minimum atomic E-state index is 0.169. The van der Waals surface area contributed by atoms with Crippen LogP contribution in [0.25, 0.3) is 0 Å². The summed E-state index contributed by atoms with van der Waals surface area (Å²) in [4.78, 5) is 12.2. The fraction of sp³-hybridized carbons (Fsp3) is 0.250. The molecule has 0 spiro atoms. The molecule has 0 aromatic carbocycles. The van der Waals surface area contributed by atoms with Crippen molar-refractivity contribution in [2.24, 2.45) is 0 Å². The highest BCUT2D eigenvalue weighted by atomic mass is 32.2. The maximum Gasteiger partial charge on any atom is 0.223 e. The van der Waals surface area contributed by atoms with Gasteiger partial charge in [-0.2, -0.15) is 9.36 Å². The third kappa shape index (κ3) is 2.58. The van der Waals surface area contributed by atoms with Gasteiger partial charge in [0.15, 0.2) is 4.34 Å². The van der Waals surface area contributed by atoms with Crippen LogP contribution in [0, 0.1) is 0 Å². The predicted molar refractivity (Wildman–Crippen MR) is 64.3 cm³/mol. The normalized spacial score (nSPS) is 10.6. The summed E-state index contributed by atoms with van der Waals surface area (Å²) >= 11 is 2.73. The van der Waals surface area contributed by atoms with E-state index in [9.17, 15) is 0 Å². The van der Waals surface area contributed by atoms with E-state index in [2.05, 4.69) is 19.3 Å². The molecule has 0 saturated heterocycles. The van der Waals surface area contributed by atoms with Gasteiger partial charge in [-0.15, -0.1) is 0 Å². The Kier molecular flexibility index (Phi) is 3.20. The van der Waals surface area contributed by atoms with E-state index in [0.717, 1.165) is 16.6 Å². The summed E-state index contributed by atoms with van der Waals surface area (Å²) < 4.78 is 5.01. The van der Waals surface area contributed by atoms with Crippen LogP contribution in [0.15, 0.2) is 15.4 Å². The van der Waals surface area contributed by atoms with E-state index in [-0.39, 0.29) is 5.95 Å². The van der Waals surface area contributed by atoms with Gasteiger partial charge in [0.25, 0.3) is 0 Å². The highest BCUT2D eigenvalue weighted by molar-refractivity contribution is 8.00. The fourth-order valence-corrected chi connectivity index (χ4v) is 2.69. The van der Waals surface area contributed by atoms with Gasteiger partial charge in [-0.05, 0) is 23.3 Å². The Morgan fingerprint density at radius 3 is 2.75 bits per heavy atom. The van der Waals surface area contributed by atoms with E-state index in [1.54, 1.807) is 6.07 Å². The molecule has 0 radical (unpaired) electrons. The second-order valence-electron chi connectivity index (χ2n) is 2.92. The minimum absolute atomic E-state index is 0.169. The van der Waals surface area contributed by atoms with Crippen LogP contribution >= 0.6 is 23.3 Å². The van der Waals surface area contributed by atoms with Crippen LogP contribution in [0.5, 0.6) is 0 Å². The average Bonchev–Trinajstić information content (AvgIpc) is 2.64. The second-order valence-corrected chi connectivity index (χ2v) is 4.94. The van der Waals surface area contributed by atoms with Gasteiger partial charge in [0.05, 0.1) is 0 Å². The van der Waals surface area contributed by atoms with Crippen LogP contribution in [0.1, 0.15) is 12.7 Å². The Hall–Kier alpha value is -1.41. The minimum Gasteiger partial charge on any atom is -0.383 e. The molecule has 4 N–H and O–H groups in total. The lowest BCUT2D eigenvalue weighted by Gasteiger charge is -1.99. The molecule has 0 atom stereocenters. The molecule has 16 heavy (non-hydrogen) atoms. The van der Waals surface area contributed by atoms with Crippen molar-refractivity contribution in [1.82, 2.24) is 19.3 Å². The summed E-state index contributed by atoms with van der Waals surface area (Å²) in [5, 5.41) is 0.684. The van der Waals surface area contributed by atoms with Gasteiger partial charge in [-0.25, -0.2) is 9.97 Å². The highest BCUT2D eigenvalue weighted by Gasteiger charge is 2.07. The Morgan fingerprint density at radius 2 is 2.12 bits per heavy atom. The maximum atomic E-state index is 5.57. The molecule has 6 nitrogen and oxygen atoms in total. The summed E-state index contributed by atoms with van der Waals surface area (Å²) in [6, 6.07) is 1.66. The predicted octanol–water partition coefficient (Wildman–Crippen LogP) is 1.21. The van der Waals surface area contributed by atoms with Crippen molar-refractivity contribution < 1.29 is 0 Å². The molecular weight excluding hydrogens is 244 g/mol. The zero-order chi connectivity index (χ0) is 11.5. The lowest BCUT2D eigenvalue weighted by Crippen LogP contribution is -1.99. The molecular formula is C8H10N6S2. The molecule has 0 saturated carbocycles. The van der Waals surface area contributed by atoms with E-state index in [0.29, 0.717) is 10.8 Å². The van der Waals surface area contributed by atoms with Gasteiger partial charge in [0, 0.05) is 12.5 Å². The van der Waals surface area contributed by atoms with E-state index in [1.807, 2.05) is 6.92 Å². The van der Waals surface area contributed by atoms with Crippen molar-refractivity contribution in [1.29, 1.82) is 0 Å². The first-order valence-electron chi connectivity index (χ1n) is 4.58. The number of aryl methyl sites for hydroxylation is 1. The van der Waals surface area contributed by atoms with E-state index >= 15 is 0 Å². The zero-order valence-corrected chi connectivity index (χ0v) is 10.2. The molecule has 0 bridgehead atoms. The molecule has 2 heterocycles. The van der Waals surface area contributed by atoms with E-state index in [1.165, 1.54) is 23.3 Å². The number of rotatable bonds is 3. The highest BCUT2D eigenvalue weighted by Crippen LogP contribution is 2.28. The molecule has 2 rings (SSSR count). The molecule has 2 aromatic rings. The first-order chi connectivity index (χ1) is 7.67. The van der Waals surface area contributed by atoms with Gasteiger partial charge >= 0.3 is 0 Å². The van der Waals surface area contributed by atoms with Crippen LogP contribution in [0.3, 0.4) is 0 Å². The summed E-state index contributed by atoms with van der Waals surface area (Å²) in [7, 11) is 0. The Balaban J connectivity index is 2.19. The third-order valence-corrected chi connectivity index (χ3v) is 3.40. The average molecular weight is 254 g/mol. The smallest absolute Gasteiger partial charge is 0.223 e. The van der Waals surface area contributed by atoms with Crippen molar-refractivity contribution in [3.8, 4) is 0 Å². The second kappa shape index (κ2) is 4.62. The van der Waals surface area contributed by atoms with Gasteiger partial charge in [-0.1, -0.05) is 6.92 Å². The van der Waals surface area contributed by atoms with E-state index in [4.69, 9.17) is 11.5 Å². The van der Waals surface area contributed by atoms with Gasteiger partial charge in [-0.3, -0.25) is 0 Å². The number of hydrogen-bond donors (Lipinski definition) is 2. The lowest BCUT2D eigenvalue weighted by molar-refractivity contribution is 0.969. The van der Waals surface area contributed by atoms with Gasteiger partial charge in [0.2, 0.25) is 5.95 Å². The summed E-state index contributed by atoms with van der Waals surface area (Å²) in [5.74, 6) is 1.36. The van der Waals surface area contributed by atoms with Crippen LogP contribution < -0.4 is 11.5 Å². The Labute approximate surface area is 101 Å². The quantitative estimate of drug-likeness (QED) is 0.793. The van der Waals surface area contributed by atoms with Crippen LogP contribution in [-0.4, -0.2) is 19.3 Å². The first kappa shape index (κ1) is 11.1. The number of anilines is 2. The number of nitrogen functional groups attached to an aromatic ring is 2. The van der Waals surface area contributed by atoms with Crippen LogP contribution in [-0.2, 0) is 6.42 Å². The Morgan fingerprint density at radius 1 is 1.31 bits per heavy atom. The first-order valence-corrected chi connectivity index (χ1v) is 6.17. The van der Waals surface area contributed by atoms with Crippen molar-refractivity contribution in [3.05, 3.63) is 11.9 Å². The number of hydrogen-bond acceptors (Lipinski definition) is 8. The Bertz CT molecular complexity index is 477. The SMILES string of the molecule is CCc1nsc(Sc2cc(N)nc(N)n2)n1. The summed E-state index contributed by atoms with van der Waals surface area (Å²) in [6.45, 7) is 2.01. The zero-order valence-electron chi connectivity index (χ0n) is 8.54. The van der Waals surface area contributed by atoms with Crippen molar-refractivity contribution in [3.63, 3.8) is 0 Å². The van der Waals surface area contributed by atoms with Crippen LogP contribution in [0.4, 0.5) is 11.8 Å². The van der Waals surface area contributed by atoms with Crippen molar-refractivity contribution in [2.75, 3.05) is 11.5 Å². The molecule has 8 heteroatoms. The number of aromatic nitrogens is 4. The van der Waals surface area contributed by atoms with Gasteiger partial charge in [0.1, 0.15) is 16.7 Å². The van der Waals surface area contributed by atoms with Crippen molar-refractivity contribution >= 4 is 35.1 Å². The largest absolute Gasteiger partial charge is 0.383 e. The fourth-order valence-electron chi connectivity index (χ4n) is 1.03. The van der Waals surface area contributed by atoms with Crippen LogP contribution in [0.2, 0.25) is 0 Å².